The number of aromatic nitrogens is 2. The summed E-state index contributed by atoms with van der Waals surface area (Å²) in [4.78, 5) is 2.35. The van der Waals surface area contributed by atoms with E-state index in [9.17, 15) is 4.55 Å². The van der Waals surface area contributed by atoms with E-state index in [-0.39, 0.29) is 10.8 Å². The molecule has 3 rings (SSSR count). The summed E-state index contributed by atoms with van der Waals surface area (Å²) >= 11 is -1.13. The van der Waals surface area contributed by atoms with Crippen molar-refractivity contribution in [2.24, 2.45) is 7.05 Å². The minimum absolute atomic E-state index is 0.0264. The fourth-order valence-corrected chi connectivity index (χ4v) is 3.84. The van der Waals surface area contributed by atoms with E-state index in [4.69, 9.17) is 4.74 Å². The molecule has 0 bridgehead atoms. The van der Waals surface area contributed by atoms with E-state index in [0.717, 1.165) is 43.0 Å². The van der Waals surface area contributed by atoms with Crippen molar-refractivity contribution in [3.8, 4) is 11.1 Å². The number of aryl methyl sites for hydroxylation is 1. The summed E-state index contributed by atoms with van der Waals surface area (Å²) in [5.41, 5.74) is 4.50. The molecule has 2 aromatic rings. The average Bonchev–Trinajstić information content (AvgIpc) is 3.07. The van der Waals surface area contributed by atoms with Crippen molar-refractivity contribution < 1.29 is 9.29 Å². The molecule has 1 aromatic carbocycles. The van der Waals surface area contributed by atoms with Crippen LogP contribution in [0.5, 0.6) is 0 Å². The van der Waals surface area contributed by atoms with Gasteiger partial charge in [0.15, 0.2) is 0 Å². The van der Waals surface area contributed by atoms with E-state index in [2.05, 4.69) is 39.8 Å². The van der Waals surface area contributed by atoms with Crippen molar-refractivity contribution in [3.05, 3.63) is 36.2 Å². The van der Waals surface area contributed by atoms with Crippen LogP contribution in [0, 0.1) is 0 Å². The van der Waals surface area contributed by atoms with Gasteiger partial charge in [-0.3, -0.25) is 4.68 Å². The van der Waals surface area contributed by atoms with Gasteiger partial charge in [0.05, 0.1) is 25.5 Å². The Balaban J connectivity index is 1.94. The molecule has 148 valence electrons. The molecule has 6 nitrogen and oxygen atoms in total. The Morgan fingerprint density at radius 2 is 1.89 bits per heavy atom. The van der Waals surface area contributed by atoms with Crippen LogP contribution >= 0.6 is 0 Å². The SMILES string of the molecule is C[C@@H](N[S@@+]([O-])C(C)(C)C)c1cc(-c2cnn(C)c2)cc(N2CCOCC2)c1. The highest BCUT2D eigenvalue weighted by atomic mass is 32.2. The zero-order valence-corrected chi connectivity index (χ0v) is 17.7. The number of ether oxygens (including phenoxy) is 1. The van der Waals surface area contributed by atoms with Gasteiger partial charge in [0.25, 0.3) is 0 Å². The Hall–Kier alpha value is -1.54. The molecule has 1 N–H and O–H groups in total. The van der Waals surface area contributed by atoms with Gasteiger partial charge in [-0.05, 0) is 57.0 Å². The molecule has 27 heavy (non-hydrogen) atoms. The summed E-state index contributed by atoms with van der Waals surface area (Å²) in [5.74, 6) is 0. The fourth-order valence-electron chi connectivity index (χ4n) is 3.03. The lowest BCUT2D eigenvalue weighted by atomic mass is 10.0. The lowest BCUT2D eigenvalue weighted by Gasteiger charge is -2.31. The Bertz CT molecular complexity index is 766. The molecule has 0 unspecified atom stereocenters. The second-order valence-corrected chi connectivity index (χ2v) is 10.0. The highest BCUT2D eigenvalue weighted by molar-refractivity contribution is 7.90. The van der Waals surface area contributed by atoms with E-state index in [0.29, 0.717) is 0 Å². The molecular formula is C20H30N4O2S. The molecule has 0 saturated carbocycles. The molecule has 0 amide bonds. The van der Waals surface area contributed by atoms with Gasteiger partial charge in [-0.15, -0.1) is 4.72 Å². The first-order valence-electron chi connectivity index (χ1n) is 9.39. The molecule has 0 spiro atoms. The zero-order valence-electron chi connectivity index (χ0n) is 16.9. The minimum Gasteiger partial charge on any atom is -0.598 e. The number of hydrogen-bond donors (Lipinski definition) is 1. The zero-order chi connectivity index (χ0) is 19.6. The van der Waals surface area contributed by atoms with Crippen LogP contribution in [0.25, 0.3) is 11.1 Å². The number of benzene rings is 1. The third-order valence-corrected chi connectivity index (χ3v) is 6.37. The number of rotatable bonds is 5. The van der Waals surface area contributed by atoms with E-state index >= 15 is 0 Å². The maximum absolute atomic E-state index is 12.6. The number of anilines is 1. The molecule has 0 radical (unpaired) electrons. The third-order valence-electron chi connectivity index (χ3n) is 4.69. The first-order chi connectivity index (χ1) is 12.7. The van der Waals surface area contributed by atoms with Gasteiger partial charge in [0.1, 0.15) is 4.75 Å². The van der Waals surface area contributed by atoms with Crippen LogP contribution in [0.3, 0.4) is 0 Å². The van der Waals surface area contributed by atoms with Crippen molar-refractivity contribution in [2.75, 3.05) is 31.2 Å². The maximum Gasteiger partial charge on any atom is 0.136 e. The highest BCUT2D eigenvalue weighted by Crippen LogP contribution is 2.31. The lowest BCUT2D eigenvalue weighted by Crippen LogP contribution is -2.40. The van der Waals surface area contributed by atoms with Gasteiger partial charge in [0.2, 0.25) is 0 Å². The third kappa shape index (κ3) is 5.04. The van der Waals surface area contributed by atoms with Gasteiger partial charge in [-0.2, -0.15) is 5.10 Å². The molecule has 1 fully saturated rings. The summed E-state index contributed by atoms with van der Waals surface area (Å²) in [7, 11) is 1.92. The van der Waals surface area contributed by atoms with Gasteiger partial charge < -0.3 is 14.2 Å². The Labute approximate surface area is 165 Å². The van der Waals surface area contributed by atoms with Crippen LogP contribution in [0.15, 0.2) is 30.6 Å². The van der Waals surface area contributed by atoms with Gasteiger partial charge >= 0.3 is 0 Å². The molecular weight excluding hydrogens is 360 g/mol. The van der Waals surface area contributed by atoms with Gasteiger partial charge in [0, 0.05) is 48.9 Å². The van der Waals surface area contributed by atoms with Crippen LogP contribution in [0.1, 0.15) is 39.3 Å². The minimum atomic E-state index is -1.13. The molecule has 2 atom stereocenters. The molecule has 7 heteroatoms. The molecule has 1 saturated heterocycles. The smallest absolute Gasteiger partial charge is 0.136 e. The first-order valence-corrected chi connectivity index (χ1v) is 10.5. The summed E-state index contributed by atoms with van der Waals surface area (Å²) < 4.78 is 22.8. The summed E-state index contributed by atoms with van der Waals surface area (Å²) in [6, 6.07) is 6.54. The van der Waals surface area contributed by atoms with Crippen LogP contribution in [-0.2, 0) is 23.1 Å². The molecule has 1 aliphatic heterocycles. The monoisotopic (exact) mass is 390 g/mol. The largest absolute Gasteiger partial charge is 0.598 e. The van der Waals surface area contributed by atoms with E-state index in [1.807, 2.05) is 44.9 Å². The normalized spacial score (nSPS) is 17.8. The molecule has 1 aliphatic rings. The van der Waals surface area contributed by atoms with Crippen molar-refractivity contribution >= 4 is 17.0 Å². The van der Waals surface area contributed by atoms with Gasteiger partial charge in [-0.25, -0.2) is 0 Å². The topological polar surface area (TPSA) is 65.4 Å². The van der Waals surface area contributed by atoms with Crippen molar-refractivity contribution in [3.63, 3.8) is 0 Å². The van der Waals surface area contributed by atoms with Crippen molar-refractivity contribution in [1.29, 1.82) is 0 Å². The van der Waals surface area contributed by atoms with Crippen LogP contribution in [-0.4, -0.2) is 45.4 Å². The van der Waals surface area contributed by atoms with Crippen LogP contribution in [0.4, 0.5) is 5.69 Å². The summed E-state index contributed by atoms with van der Waals surface area (Å²) in [6.45, 7) is 11.3. The first kappa shape index (κ1) is 20.2. The molecule has 0 aliphatic carbocycles. The summed E-state index contributed by atoms with van der Waals surface area (Å²) in [6.07, 6.45) is 3.90. The number of nitrogens with zero attached hydrogens (tertiary/aromatic N) is 3. The van der Waals surface area contributed by atoms with Crippen LogP contribution < -0.4 is 9.62 Å². The number of morpholine rings is 1. The predicted octanol–water partition coefficient (Wildman–Crippen LogP) is 3.04. The van der Waals surface area contributed by atoms with E-state index < -0.39 is 11.4 Å². The van der Waals surface area contributed by atoms with Gasteiger partial charge in [-0.1, -0.05) is 0 Å². The second-order valence-electron chi connectivity index (χ2n) is 8.04. The summed E-state index contributed by atoms with van der Waals surface area (Å²) in [5, 5.41) is 4.31. The highest BCUT2D eigenvalue weighted by Gasteiger charge is 2.28. The average molecular weight is 391 g/mol. The van der Waals surface area contributed by atoms with E-state index in [1.165, 1.54) is 5.69 Å². The lowest BCUT2D eigenvalue weighted by molar-refractivity contribution is 0.122. The number of nitrogens with one attached hydrogen (secondary N) is 1. The Morgan fingerprint density at radius 1 is 1.19 bits per heavy atom. The molecule has 1 aromatic heterocycles. The van der Waals surface area contributed by atoms with Crippen molar-refractivity contribution in [2.45, 2.75) is 38.5 Å². The van der Waals surface area contributed by atoms with Crippen molar-refractivity contribution in [1.82, 2.24) is 14.5 Å². The number of hydrogen-bond acceptors (Lipinski definition) is 5. The van der Waals surface area contributed by atoms with E-state index in [1.54, 1.807) is 0 Å². The Kier molecular flexibility index (Phi) is 6.15. The molecule has 2 heterocycles. The maximum atomic E-state index is 12.6. The Morgan fingerprint density at radius 3 is 2.48 bits per heavy atom. The predicted molar refractivity (Wildman–Crippen MR) is 111 cm³/mol. The quantitative estimate of drug-likeness (QED) is 0.795. The fraction of sp³-hybridized carbons (Fsp3) is 0.550. The standard InChI is InChI=1S/C20H30N4O2S/c1-15(22-27(25)20(2,3)4)16-10-17(18-13-21-23(5)14-18)12-19(11-16)24-6-8-26-9-7-24/h10-15,22H,6-9H2,1-5H3/t15-,27+/m1/s1. The van der Waals surface area contributed by atoms with Crippen LogP contribution in [0.2, 0.25) is 0 Å². The second kappa shape index (κ2) is 8.22.